The molecule has 1 aliphatic rings. The summed E-state index contributed by atoms with van der Waals surface area (Å²) in [6.07, 6.45) is 2.58. The lowest BCUT2D eigenvalue weighted by Crippen LogP contribution is -2.27. The Morgan fingerprint density at radius 3 is 3.00 bits per heavy atom. The van der Waals surface area contributed by atoms with Crippen molar-refractivity contribution in [1.29, 1.82) is 5.26 Å². The molecule has 60 valence electrons. The molecular weight excluding hydrogens is 142 g/mol. The summed E-state index contributed by atoms with van der Waals surface area (Å²) in [6, 6.07) is 1.84. The van der Waals surface area contributed by atoms with Gasteiger partial charge >= 0.3 is 0 Å². The maximum absolute atomic E-state index is 11.1. The zero-order valence-corrected chi connectivity index (χ0v) is 6.38. The molecule has 0 amide bonds. The predicted octanol–water partition coefficient (Wildman–Crippen LogP) is 1.04. The fraction of sp³-hybridized carbons (Fsp3) is 0.750. The molecule has 1 saturated heterocycles. The summed E-state index contributed by atoms with van der Waals surface area (Å²) in [6.45, 7) is 0.668. The third kappa shape index (κ3) is 2.32. The number of rotatable bonds is 2. The quantitative estimate of drug-likeness (QED) is 0.595. The molecule has 3 nitrogen and oxygen atoms in total. The van der Waals surface area contributed by atoms with Crippen LogP contribution in [0.5, 0.6) is 0 Å². The van der Waals surface area contributed by atoms with Gasteiger partial charge in [-0.15, -0.1) is 0 Å². The third-order valence-corrected chi connectivity index (χ3v) is 1.79. The molecule has 0 aliphatic carbocycles. The lowest BCUT2D eigenvalue weighted by molar-refractivity contribution is -0.132. The Balaban J connectivity index is 2.34. The van der Waals surface area contributed by atoms with Crippen molar-refractivity contribution in [2.24, 2.45) is 0 Å². The lowest BCUT2D eigenvalue weighted by atomic mass is 10.0. The van der Waals surface area contributed by atoms with Crippen LogP contribution in [0.2, 0.25) is 0 Å². The molecule has 3 heteroatoms. The lowest BCUT2D eigenvalue weighted by Gasteiger charge is -2.19. The van der Waals surface area contributed by atoms with Crippen molar-refractivity contribution in [2.75, 3.05) is 6.61 Å². The second-order valence-electron chi connectivity index (χ2n) is 2.66. The number of hydrogen-bond donors (Lipinski definition) is 0. The fourth-order valence-corrected chi connectivity index (χ4v) is 1.19. The van der Waals surface area contributed by atoms with Gasteiger partial charge in [0, 0.05) is 6.61 Å². The zero-order valence-electron chi connectivity index (χ0n) is 6.38. The van der Waals surface area contributed by atoms with Crippen LogP contribution in [0.1, 0.15) is 25.7 Å². The number of ketones is 1. The van der Waals surface area contributed by atoms with Crippen LogP contribution in [0.25, 0.3) is 0 Å². The van der Waals surface area contributed by atoms with Gasteiger partial charge in [-0.1, -0.05) is 0 Å². The van der Waals surface area contributed by atoms with Gasteiger partial charge in [0.2, 0.25) is 0 Å². The highest BCUT2D eigenvalue weighted by Gasteiger charge is 2.20. The molecular formula is C8H11NO2. The number of carbonyl (C=O) groups is 1. The molecule has 0 N–H and O–H groups in total. The summed E-state index contributed by atoms with van der Waals surface area (Å²) in [5.41, 5.74) is 0. The highest BCUT2D eigenvalue weighted by molar-refractivity contribution is 5.84. The van der Waals surface area contributed by atoms with Crippen molar-refractivity contribution >= 4 is 5.78 Å². The van der Waals surface area contributed by atoms with Gasteiger partial charge in [-0.3, -0.25) is 4.79 Å². The van der Waals surface area contributed by atoms with Crippen LogP contribution >= 0.6 is 0 Å². The molecule has 11 heavy (non-hydrogen) atoms. The second kappa shape index (κ2) is 4.09. The van der Waals surface area contributed by atoms with E-state index in [-0.39, 0.29) is 18.3 Å². The molecule has 0 aromatic carbocycles. The van der Waals surface area contributed by atoms with E-state index in [1.807, 2.05) is 6.07 Å². The highest BCUT2D eigenvalue weighted by atomic mass is 16.5. The van der Waals surface area contributed by atoms with Crippen molar-refractivity contribution in [1.82, 2.24) is 0 Å². The summed E-state index contributed by atoms with van der Waals surface area (Å²) in [4.78, 5) is 11.1. The van der Waals surface area contributed by atoms with E-state index >= 15 is 0 Å². The van der Waals surface area contributed by atoms with Crippen molar-refractivity contribution in [3.8, 4) is 6.07 Å². The van der Waals surface area contributed by atoms with Crippen LogP contribution in [0.15, 0.2) is 0 Å². The maximum atomic E-state index is 11.1. The first-order valence-electron chi connectivity index (χ1n) is 3.86. The van der Waals surface area contributed by atoms with Gasteiger partial charge in [-0.2, -0.15) is 5.26 Å². The number of Topliss-reactive ketones (excluding diaryl/α,β-unsaturated/α-hetero) is 1. The Morgan fingerprint density at radius 1 is 1.64 bits per heavy atom. The fourth-order valence-electron chi connectivity index (χ4n) is 1.19. The van der Waals surface area contributed by atoms with E-state index < -0.39 is 0 Å². The van der Waals surface area contributed by atoms with E-state index in [1.54, 1.807) is 0 Å². The van der Waals surface area contributed by atoms with E-state index in [2.05, 4.69) is 0 Å². The van der Waals surface area contributed by atoms with Gasteiger partial charge in [0.15, 0.2) is 5.78 Å². The zero-order chi connectivity index (χ0) is 8.10. The van der Waals surface area contributed by atoms with Crippen molar-refractivity contribution in [2.45, 2.75) is 31.8 Å². The first-order valence-corrected chi connectivity index (χ1v) is 3.86. The molecule has 0 radical (unpaired) electrons. The number of carbonyl (C=O) groups excluding carboxylic acids is 1. The Morgan fingerprint density at radius 2 is 2.45 bits per heavy atom. The first kappa shape index (κ1) is 8.22. The maximum Gasteiger partial charge on any atom is 0.175 e. The standard InChI is InChI=1S/C8H11NO2/c9-5-4-7(10)8-3-1-2-6-11-8/h8H,1-4,6H2. The van der Waals surface area contributed by atoms with Crippen LogP contribution in [-0.2, 0) is 9.53 Å². The molecule has 0 bridgehead atoms. The Bertz CT molecular complexity index is 177. The summed E-state index contributed by atoms with van der Waals surface area (Å²) in [7, 11) is 0. The van der Waals surface area contributed by atoms with Gasteiger partial charge in [0.05, 0.1) is 12.5 Å². The monoisotopic (exact) mass is 153 g/mol. The summed E-state index contributed by atoms with van der Waals surface area (Å²) >= 11 is 0. The number of hydrogen-bond acceptors (Lipinski definition) is 3. The summed E-state index contributed by atoms with van der Waals surface area (Å²) < 4.78 is 5.19. The minimum absolute atomic E-state index is 0.00926. The van der Waals surface area contributed by atoms with Gasteiger partial charge < -0.3 is 4.74 Å². The SMILES string of the molecule is N#CCC(=O)C1CCCCO1. The van der Waals surface area contributed by atoms with E-state index in [0.29, 0.717) is 6.61 Å². The number of nitrogens with zero attached hydrogens (tertiary/aromatic N) is 1. The average molecular weight is 153 g/mol. The average Bonchev–Trinajstić information content (AvgIpc) is 2.07. The third-order valence-electron chi connectivity index (χ3n) is 1.79. The molecule has 1 atom stereocenters. The van der Waals surface area contributed by atoms with Gasteiger partial charge in [-0.05, 0) is 19.3 Å². The molecule has 1 heterocycles. The first-order chi connectivity index (χ1) is 5.34. The molecule has 0 aromatic rings. The van der Waals surface area contributed by atoms with Crippen LogP contribution in [-0.4, -0.2) is 18.5 Å². The highest BCUT2D eigenvalue weighted by Crippen LogP contribution is 2.14. The van der Waals surface area contributed by atoms with Gasteiger partial charge in [-0.25, -0.2) is 0 Å². The van der Waals surface area contributed by atoms with Gasteiger partial charge in [0.25, 0.3) is 0 Å². The van der Waals surface area contributed by atoms with E-state index in [9.17, 15) is 4.79 Å². The Labute approximate surface area is 66.0 Å². The topological polar surface area (TPSA) is 50.1 Å². The molecule has 0 spiro atoms. The van der Waals surface area contributed by atoms with Crippen molar-refractivity contribution in [3.05, 3.63) is 0 Å². The second-order valence-corrected chi connectivity index (χ2v) is 2.66. The van der Waals surface area contributed by atoms with Crippen LogP contribution in [0, 0.1) is 11.3 Å². The number of ether oxygens (including phenoxy) is 1. The normalized spacial score (nSPS) is 24.1. The van der Waals surface area contributed by atoms with Crippen LogP contribution < -0.4 is 0 Å². The van der Waals surface area contributed by atoms with Gasteiger partial charge in [0.1, 0.15) is 6.10 Å². The molecule has 1 fully saturated rings. The minimum atomic E-state index is -0.289. The Hall–Kier alpha value is -0.880. The Kier molecular flexibility index (Phi) is 3.06. The van der Waals surface area contributed by atoms with Crippen LogP contribution in [0.4, 0.5) is 0 Å². The summed E-state index contributed by atoms with van der Waals surface area (Å²) in [5.74, 6) is -0.0628. The molecule has 0 saturated carbocycles. The van der Waals surface area contributed by atoms with Crippen molar-refractivity contribution < 1.29 is 9.53 Å². The molecule has 1 rings (SSSR count). The van der Waals surface area contributed by atoms with E-state index in [0.717, 1.165) is 19.3 Å². The molecule has 1 aliphatic heterocycles. The minimum Gasteiger partial charge on any atom is -0.370 e. The molecule has 0 aromatic heterocycles. The predicted molar refractivity (Wildman–Crippen MR) is 38.8 cm³/mol. The van der Waals surface area contributed by atoms with E-state index in [1.165, 1.54) is 0 Å². The van der Waals surface area contributed by atoms with Crippen LogP contribution in [0.3, 0.4) is 0 Å². The summed E-state index contributed by atoms with van der Waals surface area (Å²) in [5, 5.41) is 8.24. The smallest absolute Gasteiger partial charge is 0.175 e. The largest absolute Gasteiger partial charge is 0.370 e. The molecule has 1 unspecified atom stereocenters. The number of nitriles is 1. The van der Waals surface area contributed by atoms with E-state index in [4.69, 9.17) is 10.00 Å². The van der Waals surface area contributed by atoms with Crippen molar-refractivity contribution in [3.63, 3.8) is 0 Å².